The Hall–Kier alpha value is -1.62. The van der Waals surface area contributed by atoms with Crippen molar-refractivity contribution in [2.75, 3.05) is 18.9 Å². The number of hydrogen-bond donors (Lipinski definition) is 2. The van der Waals surface area contributed by atoms with Gasteiger partial charge in [0.25, 0.3) is 5.91 Å². The highest BCUT2D eigenvalue weighted by Crippen LogP contribution is 2.26. The summed E-state index contributed by atoms with van der Waals surface area (Å²) < 4.78 is 0. The number of carbonyl (C=O) groups is 1. The highest BCUT2D eigenvalue weighted by Gasteiger charge is 2.29. The summed E-state index contributed by atoms with van der Waals surface area (Å²) in [5, 5.41) is 9.16. The SMILES string of the molecule is CCCc1cc(C(=O)N(CCO)C2CCC2)cc(N)n1. The molecule has 3 N–H and O–H groups in total. The minimum atomic E-state index is -0.0461. The number of nitrogen functional groups attached to an aromatic ring is 1. The van der Waals surface area contributed by atoms with Crippen LogP contribution < -0.4 is 5.73 Å². The number of aliphatic hydroxyl groups excluding tert-OH is 1. The molecule has 110 valence electrons. The van der Waals surface area contributed by atoms with E-state index in [0.29, 0.717) is 17.9 Å². The van der Waals surface area contributed by atoms with E-state index in [2.05, 4.69) is 11.9 Å². The van der Waals surface area contributed by atoms with Crippen LogP contribution in [0.15, 0.2) is 12.1 Å². The number of amides is 1. The maximum atomic E-state index is 12.6. The zero-order valence-electron chi connectivity index (χ0n) is 12.0. The van der Waals surface area contributed by atoms with Gasteiger partial charge in [0.1, 0.15) is 5.82 Å². The molecule has 1 aliphatic carbocycles. The van der Waals surface area contributed by atoms with Crippen molar-refractivity contribution in [3.05, 3.63) is 23.4 Å². The molecule has 20 heavy (non-hydrogen) atoms. The summed E-state index contributed by atoms with van der Waals surface area (Å²) in [5.74, 6) is 0.340. The summed E-state index contributed by atoms with van der Waals surface area (Å²) in [6, 6.07) is 3.72. The largest absolute Gasteiger partial charge is 0.395 e. The van der Waals surface area contributed by atoms with Crippen LogP contribution in [0.2, 0.25) is 0 Å². The predicted molar refractivity (Wildman–Crippen MR) is 78.4 cm³/mol. The van der Waals surface area contributed by atoms with Gasteiger partial charge >= 0.3 is 0 Å². The molecule has 1 heterocycles. The monoisotopic (exact) mass is 277 g/mol. The summed E-state index contributed by atoms with van der Waals surface area (Å²) in [7, 11) is 0. The van der Waals surface area contributed by atoms with Crippen molar-refractivity contribution in [1.29, 1.82) is 0 Å². The number of aromatic nitrogens is 1. The molecular formula is C15H23N3O2. The van der Waals surface area contributed by atoms with E-state index in [9.17, 15) is 4.79 Å². The second-order valence-electron chi connectivity index (χ2n) is 5.33. The van der Waals surface area contributed by atoms with Crippen LogP contribution in [0.1, 0.15) is 48.7 Å². The summed E-state index contributed by atoms with van der Waals surface area (Å²) in [6.45, 7) is 2.44. The molecule has 5 heteroatoms. The van der Waals surface area contributed by atoms with E-state index >= 15 is 0 Å². The topological polar surface area (TPSA) is 79.5 Å². The third-order valence-corrected chi connectivity index (χ3v) is 3.77. The highest BCUT2D eigenvalue weighted by atomic mass is 16.3. The molecule has 0 radical (unpaired) electrons. The average molecular weight is 277 g/mol. The fraction of sp³-hybridized carbons (Fsp3) is 0.600. The first-order valence-corrected chi connectivity index (χ1v) is 7.34. The van der Waals surface area contributed by atoms with Crippen LogP contribution in [0.5, 0.6) is 0 Å². The Morgan fingerprint density at radius 3 is 2.80 bits per heavy atom. The van der Waals surface area contributed by atoms with Crippen molar-refractivity contribution < 1.29 is 9.90 Å². The number of pyridine rings is 1. The maximum Gasteiger partial charge on any atom is 0.254 e. The number of aryl methyl sites for hydroxylation is 1. The lowest BCUT2D eigenvalue weighted by atomic mass is 9.91. The van der Waals surface area contributed by atoms with Crippen molar-refractivity contribution in [3.63, 3.8) is 0 Å². The lowest BCUT2D eigenvalue weighted by molar-refractivity contribution is 0.0525. The van der Waals surface area contributed by atoms with Gasteiger partial charge in [0.05, 0.1) is 6.61 Å². The van der Waals surface area contributed by atoms with Crippen molar-refractivity contribution in [2.24, 2.45) is 0 Å². The van der Waals surface area contributed by atoms with Gasteiger partial charge in [-0.1, -0.05) is 13.3 Å². The van der Waals surface area contributed by atoms with Gasteiger partial charge in [0, 0.05) is 23.8 Å². The van der Waals surface area contributed by atoms with E-state index in [-0.39, 0.29) is 18.6 Å². The van der Waals surface area contributed by atoms with Crippen LogP contribution in [0.4, 0.5) is 5.82 Å². The highest BCUT2D eigenvalue weighted by molar-refractivity contribution is 5.95. The quantitative estimate of drug-likeness (QED) is 0.828. The fourth-order valence-corrected chi connectivity index (χ4v) is 2.54. The molecule has 0 unspecified atom stereocenters. The molecule has 0 aliphatic heterocycles. The molecule has 1 aromatic rings. The molecule has 0 saturated heterocycles. The van der Waals surface area contributed by atoms with Gasteiger partial charge in [-0.3, -0.25) is 4.79 Å². The van der Waals surface area contributed by atoms with E-state index in [1.54, 1.807) is 11.0 Å². The van der Waals surface area contributed by atoms with E-state index in [4.69, 9.17) is 10.8 Å². The van der Waals surface area contributed by atoms with E-state index in [0.717, 1.165) is 37.8 Å². The Balaban J connectivity index is 2.21. The molecule has 0 aromatic carbocycles. The normalized spacial score (nSPS) is 14.9. The van der Waals surface area contributed by atoms with Gasteiger partial charge in [0.15, 0.2) is 0 Å². The van der Waals surface area contributed by atoms with E-state index in [1.807, 2.05) is 6.07 Å². The van der Waals surface area contributed by atoms with Gasteiger partial charge < -0.3 is 15.7 Å². The number of nitrogens with zero attached hydrogens (tertiary/aromatic N) is 2. The number of carbonyl (C=O) groups excluding carboxylic acids is 1. The van der Waals surface area contributed by atoms with Crippen LogP contribution in [0.3, 0.4) is 0 Å². The summed E-state index contributed by atoms with van der Waals surface area (Å²) in [6.07, 6.45) is 4.98. The minimum absolute atomic E-state index is 0.00930. The number of aliphatic hydroxyl groups is 1. The van der Waals surface area contributed by atoms with Crippen molar-refractivity contribution >= 4 is 11.7 Å². The summed E-state index contributed by atoms with van der Waals surface area (Å²) in [5.41, 5.74) is 7.23. The van der Waals surface area contributed by atoms with Crippen LogP contribution in [0, 0.1) is 0 Å². The summed E-state index contributed by atoms with van der Waals surface area (Å²) in [4.78, 5) is 18.6. The van der Waals surface area contributed by atoms with Crippen LogP contribution in [0.25, 0.3) is 0 Å². The van der Waals surface area contributed by atoms with Crippen LogP contribution >= 0.6 is 0 Å². The Morgan fingerprint density at radius 1 is 1.50 bits per heavy atom. The molecule has 1 aromatic heterocycles. The van der Waals surface area contributed by atoms with Gasteiger partial charge in [-0.15, -0.1) is 0 Å². The molecule has 0 spiro atoms. The first-order chi connectivity index (χ1) is 9.65. The molecular weight excluding hydrogens is 254 g/mol. The maximum absolute atomic E-state index is 12.6. The summed E-state index contributed by atoms with van der Waals surface area (Å²) >= 11 is 0. The third-order valence-electron chi connectivity index (χ3n) is 3.77. The van der Waals surface area contributed by atoms with E-state index < -0.39 is 0 Å². The van der Waals surface area contributed by atoms with Gasteiger partial charge in [0.2, 0.25) is 0 Å². The van der Waals surface area contributed by atoms with Crippen LogP contribution in [-0.4, -0.2) is 40.1 Å². The van der Waals surface area contributed by atoms with Gasteiger partial charge in [-0.2, -0.15) is 0 Å². The number of rotatable bonds is 6. The van der Waals surface area contributed by atoms with Crippen molar-refractivity contribution in [1.82, 2.24) is 9.88 Å². The van der Waals surface area contributed by atoms with E-state index in [1.165, 1.54) is 0 Å². The number of hydrogen-bond acceptors (Lipinski definition) is 4. The van der Waals surface area contributed by atoms with Crippen molar-refractivity contribution in [3.8, 4) is 0 Å². The first kappa shape index (κ1) is 14.8. The molecule has 1 fully saturated rings. The predicted octanol–water partition coefficient (Wildman–Crippen LogP) is 1.60. The minimum Gasteiger partial charge on any atom is -0.395 e. The molecule has 1 saturated carbocycles. The van der Waals surface area contributed by atoms with Crippen molar-refractivity contribution in [2.45, 2.75) is 45.1 Å². The Labute approximate surface area is 119 Å². The van der Waals surface area contributed by atoms with Crippen LogP contribution in [-0.2, 0) is 6.42 Å². The zero-order chi connectivity index (χ0) is 14.5. The Morgan fingerprint density at radius 2 is 2.25 bits per heavy atom. The van der Waals surface area contributed by atoms with Gasteiger partial charge in [-0.25, -0.2) is 4.98 Å². The lowest BCUT2D eigenvalue weighted by Crippen LogP contribution is -2.45. The first-order valence-electron chi connectivity index (χ1n) is 7.34. The Bertz CT molecular complexity index is 472. The molecule has 5 nitrogen and oxygen atoms in total. The second kappa shape index (κ2) is 6.70. The second-order valence-corrected chi connectivity index (χ2v) is 5.33. The molecule has 1 amide bonds. The number of anilines is 1. The lowest BCUT2D eigenvalue weighted by Gasteiger charge is -2.37. The average Bonchev–Trinajstić information content (AvgIpc) is 2.35. The molecule has 0 bridgehead atoms. The number of nitrogens with two attached hydrogens (primary N) is 1. The molecule has 2 rings (SSSR count). The third kappa shape index (κ3) is 3.28. The standard InChI is InChI=1S/C15H23N3O2/c1-2-4-12-9-11(10-14(16)17-12)15(20)18(7-8-19)13-5-3-6-13/h9-10,13,19H,2-8H2,1H3,(H2,16,17). The Kier molecular flexibility index (Phi) is 4.95. The fourth-order valence-electron chi connectivity index (χ4n) is 2.54. The molecule has 0 atom stereocenters. The molecule has 1 aliphatic rings. The van der Waals surface area contributed by atoms with Gasteiger partial charge in [-0.05, 0) is 37.8 Å². The smallest absolute Gasteiger partial charge is 0.254 e. The zero-order valence-corrected chi connectivity index (χ0v) is 12.0.